The number of amides is 1. The van der Waals surface area contributed by atoms with Gasteiger partial charge in [-0.2, -0.15) is 0 Å². The van der Waals surface area contributed by atoms with Crippen LogP contribution in [0.15, 0.2) is 41.4 Å². The second-order valence-corrected chi connectivity index (χ2v) is 11.1. The van der Waals surface area contributed by atoms with Gasteiger partial charge in [0.1, 0.15) is 16.5 Å². The smallest absolute Gasteiger partial charge is 0.273 e. The number of nitrogens with zero attached hydrogens (tertiary/aromatic N) is 5. The Morgan fingerprint density at radius 3 is 2.76 bits per heavy atom. The summed E-state index contributed by atoms with van der Waals surface area (Å²) in [7, 11) is 0. The summed E-state index contributed by atoms with van der Waals surface area (Å²) in [5.41, 5.74) is 6.04. The molecule has 194 valence electrons. The van der Waals surface area contributed by atoms with E-state index in [0.717, 1.165) is 64.0 Å². The molecule has 0 radical (unpaired) electrons. The number of rotatable bonds is 9. The lowest BCUT2D eigenvalue weighted by Gasteiger charge is -2.34. The van der Waals surface area contributed by atoms with Crippen molar-refractivity contribution in [3.63, 3.8) is 0 Å². The van der Waals surface area contributed by atoms with Crippen molar-refractivity contribution < 1.29 is 9.90 Å². The largest absolute Gasteiger partial charge is 0.396 e. The Morgan fingerprint density at radius 2 is 1.97 bits per heavy atom. The van der Waals surface area contributed by atoms with Crippen LogP contribution in [0.4, 0.5) is 17.2 Å². The number of nitrogens with one attached hydrogen (secondary N) is 2. The Kier molecular flexibility index (Phi) is 7.94. The second kappa shape index (κ2) is 11.5. The molecule has 4 aromatic rings. The Hall–Kier alpha value is -3.12. The van der Waals surface area contributed by atoms with Gasteiger partial charge in [-0.3, -0.25) is 9.69 Å². The number of aliphatic hydroxyl groups excluding tert-OH is 1. The highest BCUT2D eigenvalue weighted by molar-refractivity contribution is 7.16. The van der Waals surface area contributed by atoms with Crippen molar-refractivity contribution in [1.29, 1.82) is 0 Å². The first-order valence-corrected chi connectivity index (χ1v) is 14.2. The number of carbonyl (C=O) groups excluding carboxylic acids is 1. The van der Waals surface area contributed by atoms with Crippen molar-refractivity contribution >= 4 is 56.0 Å². The summed E-state index contributed by atoms with van der Waals surface area (Å²) in [6, 6.07) is 8.27. The number of fused-ring (bicyclic) bond motifs is 1. The van der Waals surface area contributed by atoms with Gasteiger partial charge in [-0.1, -0.05) is 0 Å². The Labute approximate surface area is 224 Å². The van der Waals surface area contributed by atoms with E-state index in [0.29, 0.717) is 18.8 Å². The molecule has 1 saturated heterocycles. The molecule has 0 aliphatic carbocycles. The number of aliphatic hydroxyl groups is 1. The number of benzene rings is 1. The predicted octanol–water partition coefficient (Wildman–Crippen LogP) is 4.52. The highest BCUT2D eigenvalue weighted by Crippen LogP contribution is 2.33. The number of hydrogen-bond acceptors (Lipinski definition) is 10. The molecule has 37 heavy (non-hydrogen) atoms. The van der Waals surface area contributed by atoms with Gasteiger partial charge in [-0.15, -0.1) is 22.7 Å². The summed E-state index contributed by atoms with van der Waals surface area (Å²) < 4.78 is 1.12. The average molecular weight is 538 g/mol. The maximum absolute atomic E-state index is 13.1. The molecule has 3 aromatic heterocycles. The molecule has 1 amide bonds. The number of thiazole rings is 2. The number of aromatic nitrogens is 3. The SMILES string of the molecule is CC(C)Nc1cc(Nc2ccc3ncsc3c2)ncc1-c1nc(C(=O)N2CCN(CCCO)CC2)cs1. The highest BCUT2D eigenvalue weighted by atomic mass is 32.1. The van der Waals surface area contributed by atoms with Gasteiger partial charge >= 0.3 is 0 Å². The first kappa shape index (κ1) is 25.5. The van der Waals surface area contributed by atoms with Crippen molar-refractivity contribution in [2.75, 3.05) is 50.0 Å². The molecule has 1 aliphatic rings. The lowest BCUT2D eigenvalue weighted by atomic mass is 10.2. The maximum Gasteiger partial charge on any atom is 0.273 e. The fourth-order valence-electron chi connectivity index (χ4n) is 4.33. The molecule has 0 saturated carbocycles. The molecule has 1 aliphatic heterocycles. The van der Waals surface area contributed by atoms with E-state index in [1.165, 1.54) is 11.3 Å². The highest BCUT2D eigenvalue weighted by Gasteiger charge is 2.24. The summed E-state index contributed by atoms with van der Waals surface area (Å²) >= 11 is 3.07. The maximum atomic E-state index is 13.1. The van der Waals surface area contributed by atoms with Crippen molar-refractivity contribution in [1.82, 2.24) is 24.8 Å². The van der Waals surface area contributed by atoms with E-state index in [4.69, 9.17) is 10.1 Å². The van der Waals surface area contributed by atoms with Gasteiger partial charge in [0.15, 0.2) is 0 Å². The van der Waals surface area contributed by atoms with E-state index in [-0.39, 0.29) is 18.6 Å². The monoisotopic (exact) mass is 537 g/mol. The Morgan fingerprint density at radius 1 is 1.14 bits per heavy atom. The zero-order valence-electron chi connectivity index (χ0n) is 21.0. The molecule has 3 N–H and O–H groups in total. The van der Waals surface area contributed by atoms with Gasteiger partial charge in [-0.25, -0.2) is 15.0 Å². The number of hydrogen-bond donors (Lipinski definition) is 3. The number of carbonyl (C=O) groups is 1. The molecule has 1 fully saturated rings. The van der Waals surface area contributed by atoms with Crippen LogP contribution in [0.3, 0.4) is 0 Å². The summed E-state index contributed by atoms with van der Waals surface area (Å²) in [6.45, 7) is 8.22. The minimum Gasteiger partial charge on any atom is -0.396 e. The van der Waals surface area contributed by atoms with E-state index in [2.05, 4.69) is 45.4 Å². The fraction of sp³-hybridized carbons (Fsp3) is 0.385. The summed E-state index contributed by atoms with van der Waals surface area (Å²) in [5.74, 6) is 0.690. The van der Waals surface area contributed by atoms with Crippen LogP contribution in [-0.4, -0.2) is 81.1 Å². The normalized spacial score (nSPS) is 14.4. The molecule has 11 heteroatoms. The minimum atomic E-state index is -0.0348. The van der Waals surface area contributed by atoms with E-state index in [1.54, 1.807) is 11.3 Å². The van der Waals surface area contributed by atoms with E-state index in [1.807, 2.05) is 40.2 Å². The Bertz CT molecular complexity index is 1360. The van der Waals surface area contributed by atoms with E-state index in [9.17, 15) is 4.79 Å². The van der Waals surface area contributed by atoms with E-state index >= 15 is 0 Å². The molecule has 0 atom stereocenters. The average Bonchev–Trinajstić information content (AvgIpc) is 3.57. The van der Waals surface area contributed by atoms with Crippen LogP contribution in [0.1, 0.15) is 30.8 Å². The molecule has 0 unspecified atom stereocenters. The third-order valence-electron chi connectivity index (χ3n) is 6.20. The van der Waals surface area contributed by atoms with Gasteiger partial charge in [0.25, 0.3) is 5.91 Å². The van der Waals surface area contributed by atoms with Crippen molar-refractivity contribution in [2.45, 2.75) is 26.3 Å². The zero-order valence-corrected chi connectivity index (χ0v) is 22.6. The molecule has 1 aromatic carbocycles. The summed E-state index contributed by atoms with van der Waals surface area (Å²) in [4.78, 5) is 31.0. The van der Waals surface area contributed by atoms with Crippen LogP contribution < -0.4 is 10.6 Å². The van der Waals surface area contributed by atoms with Gasteiger partial charge in [-0.05, 0) is 38.5 Å². The standard InChI is InChI=1S/C26H31N7O2S2/c1-17(2)29-21-13-24(30-18-4-5-20-23(12-18)37-16-28-20)27-14-19(21)25-31-22(15-36-25)26(35)33-9-7-32(8-10-33)6-3-11-34/h4-5,12-17,34H,3,6-11H2,1-2H3,(H2,27,29,30). The molecular weight excluding hydrogens is 506 g/mol. The third-order valence-corrected chi connectivity index (χ3v) is 7.86. The molecular formula is C26H31N7O2S2. The predicted molar refractivity (Wildman–Crippen MR) is 151 cm³/mol. The molecule has 0 bridgehead atoms. The van der Waals surface area contributed by atoms with E-state index < -0.39 is 0 Å². The van der Waals surface area contributed by atoms with Gasteiger partial charge in [0.05, 0.1) is 21.3 Å². The van der Waals surface area contributed by atoms with Crippen LogP contribution in [0, 0.1) is 0 Å². The first-order valence-electron chi connectivity index (χ1n) is 12.5. The first-order chi connectivity index (χ1) is 18.0. The molecule has 4 heterocycles. The van der Waals surface area contributed by atoms with Gasteiger partial charge in [0, 0.05) is 74.4 Å². The zero-order chi connectivity index (χ0) is 25.8. The number of anilines is 3. The van der Waals surface area contributed by atoms with Crippen molar-refractivity contribution in [3.05, 3.63) is 47.0 Å². The van der Waals surface area contributed by atoms with Crippen LogP contribution >= 0.6 is 22.7 Å². The molecule has 0 spiro atoms. The lowest BCUT2D eigenvalue weighted by molar-refractivity contribution is 0.0624. The Balaban J connectivity index is 1.32. The lowest BCUT2D eigenvalue weighted by Crippen LogP contribution is -2.49. The molecule has 5 rings (SSSR count). The van der Waals surface area contributed by atoms with Gasteiger partial charge in [0.2, 0.25) is 0 Å². The fourth-order valence-corrected chi connectivity index (χ4v) is 5.87. The van der Waals surface area contributed by atoms with Crippen LogP contribution in [0.5, 0.6) is 0 Å². The topological polar surface area (TPSA) is 107 Å². The van der Waals surface area contributed by atoms with Crippen LogP contribution in [-0.2, 0) is 0 Å². The third kappa shape index (κ3) is 6.07. The summed E-state index contributed by atoms with van der Waals surface area (Å²) in [5, 5.41) is 18.5. The van der Waals surface area contributed by atoms with Gasteiger partial charge < -0.3 is 20.6 Å². The van der Waals surface area contributed by atoms with Crippen LogP contribution in [0.25, 0.3) is 20.8 Å². The second-order valence-electron chi connectivity index (χ2n) is 9.32. The quantitative estimate of drug-likeness (QED) is 0.286. The summed E-state index contributed by atoms with van der Waals surface area (Å²) in [6.07, 6.45) is 2.57. The number of piperazine rings is 1. The number of pyridine rings is 1. The van der Waals surface area contributed by atoms with Crippen molar-refractivity contribution in [2.24, 2.45) is 0 Å². The minimum absolute atomic E-state index is 0.0348. The van der Waals surface area contributed by atoms with Crippen LogP contribution in [0.2, 0.25) is 0 Å². The molecule has 9 nitrogen and oxygen atoms in total. The van der Waals surface area contributed by atoms with Crippen molar-refractivity contribution in [3.8, 4) is 10.6 Å².